The summed E-state index contributed by atoms with van der Waals surface area (Å²) in [5, 5.41) is 0.758. The Kier molecular flexibility index (Phi) is 3.35. The van der Waals surface area contributed by atoms with Crippen molar-refractivity contribution in [2.75, 3.05) is 18.6 Å². The van der Waals surface area contributed by atoms with Gasteiger partial charge in [-0.15, -0.1) is 0 Å². The maximum Gasteiger partial charge on any atom is 0.240 e. The van der Waals surface area contributed by atoms with Crippen LogP contribution in [0.5, 0.6) is 0 Å². The lowest BCUT2D eigenvalue weighted by molar-refractivity contribution is -0.119. The molecule has 88 valence electrons. The second-order valence-electron chi connectivity index (χ2n) is 3.68. The molecule has 1 aliphatic rings. The molecule has 1 aromatic heterocycles. The van der Waals surface area contributed by atoms with Crippen LogP contribution < -0.4 is 10.6 Å². The lowest BCUT2D eigenvalue weighted by atomic mass is 10.2. The van der Waals surface area contributed by atoms with E-state index in [1.54, 1.807) is 7.11 Å². The van der Waals surface area contributed by atoms with Crippen molar-refractivity contribution >= 4 is 22.6 Å². The predicted octanol–water partition coefficient (Wildman–Crippen LogP) is 0.139. The smallest absolute Gasteiger partial charge is 0.240 e. The molecule has 2 heterocycles. The van der Waals surface area contributed by atoms with Gasteiger partial charge in [-0.1, -0.05) is 0 Å². The van der Waals surface area contributed by atoms with Crippen molar-refractivity contribution in [2.24, 2.45) is 5.73 Å². The van der Waals surface area contributed by atoms with E-state index in [1.165, 1.54) is 11.5 Å². The molecular formula is C9H14N4O2S. The van der Waals surface area contributed by atoms with E-state index in [1.807, 2.05) is 4.90 Å². The number of aromatic nitrogens is 2. The van der Waals surface area contributed by atoms with Gasteiger partial charge in [0.25, 0.3) is 0 Å². The van der Waals surface area contributed by atoms with Crippen LogP contribution in [0.4, 0.5) is 5.13 Å². The Morgan fingerprint density at radius 1 is 1.75 bits per heavy atom. The van der Waals surface area contributed by atoms with Gasteiger partial charge in [0.2, 0.25) is 11.0 Å². The Balaban J connectivity index is 2.13. The first kappa shape index (κ1) is 11.3. The maximum atomic E-state index is 11.2. The number of hydrogen-bond donors (Lipinski definition) is 1. The number of nitrogens with zero attached hydrogens (tertiary/aromatic N) is 3. The summed E-state index contributed by atoms with van der Waals surface area (Å²) in [5.74, 6) is 0.360. The van der Waals surface area contributed by atoms with Gasteiger partial charge in [0.05, 0.1) is 0 Å². The van der Waals surface area contributed by atoms with Crippen molar-refractivity contribution in [3.8, 4) is 0 Å². The van der Waals surface area contributed by atoms with Gasteiger partial charge in [-0.3, -0.25) is 4.79 Å². The van der Waals surface area contributed by atoms with Crippen molar-refractivity contribution in [3.05, 3.63) is 5.82 Å². The summed E-state index contributed by atoms with van der Waals surface area (Å²) in [6, 6.07) is -0.233. The highest BCUT2D eigenvalue weighted by molar-refractivity contribution is 7.09. The molecule has 1 saturated heterocycles. The van der Waals surface area contributed by atoms with Crippen LogP contribution in [0.3, 0.4) is 0 Å². The Bertz CT molecular complexity index is 381. The van der Waals surface area contributed by atoms with Crippen LogP contribution in [0.15, 0.2) is 0 Å². The van der Waals surface area contributed by atoms with Crippen molar-refractivity contribution in [1.82, 2.24) is 9.36 Å². The Labute approximate surface area is 97.6 Å². The van der Waals surface area contributed by atoms with E-state index in [4.69, 9.17) is 10.5 Å². The predicted molar refractivity (Wildman–Crippen MR) is 60.2 cm³/mol. The van der Waals surface area contributed by atoms with Crippen molar-refractivity contribution in [2.45, 2.75) is 25.5 Å². The fourth-order valence-electron chi connectivity index (χ4n) is 1.84. The highest BCUT2D eigenvalue weighted by atomic mass is 32.1. The van der Waals surface area contributed by atoms with Crippen molar-refractivity contribution in [3.63, 3.8) is 0 Å². The summed E-state index contributed by atoms with van der Waals surface area (Å²) in [5.41, 5.74) is 5.34. The number of carbonyl (C=O) groups is 1. The summed E-state index contributed by atoms with van der Waals surface area (Å²) < 4.78 is 9.11. The van der Waals surface area contributed by atoms with Crippen LogP contribution >= 0.6 is 11.5 Å². The average molecular weight is 242 g/mol. The monoisotopic (exact) mass is 242 g/mol. The zero-order valence-electron chi connectivity index (χ0n) is 9.05. The van der Waals surface area contributed by atoms with E-state index < -0.39 is 0 Å². The van der Waals surface area contributed by atoms with Gasteiger partial charge in [-0.05, 0) is 12.8 Å². The molecule has 1 atom stereocenters. The first-order valence-electron chi connectivity index (χ1n) is 5.10. The molecule has 1 amide bonds. The molecule has 7 heteroatoms. The molecule has 1 aromatic rings. The number of amides is 1. The molecule has 2 N–H and O–H groups in total. The Morgan fingerprint density at radius 3 is 3.25 bits per heavy atom. The second-order valence-corrected chi connectivity index (χ2v) is 4.41. The van der Waals surface area contributed by atoms with E-state index in [0.29, 0.717) is 12.4 Å². The lowest BCUT2D eigenvalue weighted by Gasteiger charge is -2.20. The Morgan fingerprint density at radius 2 is 2.56 bits per heavy atom. The summed E-state index contributed by atoms with van der Waals surface area (Å²) in [6.45, 7) is 1.21. The largest absolute Gasteiger partial charge is 0.377 e. The number of primary amides is 1. The summed E-state index contributed by atoms with van der Waals surface area (Å²) in [7, 11) is 1.60. The molecular weight excluding hydrogens is 228 g/mol. The zero-order valence-corrected chi connectivity index (χ0v) is 9.87. The highest BCUT2D eigenvalue weighted by Crippen LogP contribution is 2.26. The van der Waals surface area contributed by atoms with E-state index >= 15 is 0 Å². The minimum absolute atomic E-state index is 0.233. The van der Waals surface area contributed by atoms with Gasteiger partial charge in [-0.25, -0.2) is 4.98 Å². The number of hydrogen-bond acceptors (Lipinski definition) is 6. The van der Waals surface area contributed by atoms with Gasteiger partial charge < -0.3 is 15.4 Å². The molecule has 0 spiro atoms. The quantitative estimate of drug-likeness (QED) is 0.812. The van der Waals surface area contributed by atoms with E-state index in [2.05, 4.69) is 9.36 Å². The minimum Gasteiger partial charge on any atom is -0.377 e. The lowest BCUT2D eigenvalue weighted by Crippen LogP contribution is -2.40. The van der Waals surface area contributed by atoms with E-state index in [9.17, 15) is 4.79 Å². The fourth-order valence-corrected chi connectivity index (χ4v) is 2.59. The van der Waals surface area contributed by atoms with Crippen LogP contribution in [-0.4, -0.2) is 35.0 Å². The third-order valence-corrected chi connectivity index (χ3v) is 3.35. The number of nitrogens with two attached hydrogens (primary N) is 1. The molecule has 2 rings (SSSR count). The first-order valence-corrected chi connectivity index (χ1v) is 5.87. The SMILES string of the molecule is COCc1nsc(N2CCCC2C(N)=O)n1. The standard InChI is InChI=1S/C9H14N4O2S/c1-15-5-7-11-9(16-12-7)13-4-2-3-6(13)8(10)14/h6H,2-5H2,1H3,(H2,10,14). The summed E-state index contributed by atoms with van der Waals surface area (Å²) in [6.07, 6.45) is 1.77. The molecule has 0 bridgehead atoms. The molecule has 0 radical (unpaired) electrons. The van der Waals surface area contributed by atoms with Crippen molar-refractivity contribution < 1.29 is 9.53 Å². The van der Waals surface area contributed by atoms with Crippen LogP contribution in [0.1, 0.15) is 18.7 Å². The van der Waals surface area contributed by atoms with Crippen LogP contribution in [0.25, 0.3) is 0 Å². The number of rotatable bonds is 4. The Hall–Kier alpha value is -1.21. The van der Waals surface area contributed by atoms with Crippen LogP contribution in [0.2, 0.25) is 0 Å². The maximum absolute atomic E-state index is 11.2. The fraction of sp³-hybridized carbons (Fsp3) is 0.667. The normalized spacial score (nSPS) is 20.3. The number of anilines is 1. The second kappa shape index (κ2) is 4.75. The van der Waals surface area contributed by atoms with Crippen molar-refractivity contribution in [1.29, 1.82) is 0 Å². The number of carbonyl (C=O) groups excluding carboxylic acids is 1. The first-order chi connectivity index (χ1) is 7.72. The van der Waals surface area contributed by atoms with Gasteiger partial charge >= 0.3 is 0 Å². The van der Waals surface area contributed by atoms with Gasteiger partial charge in [0.15, 0.2) is 5.82 Å². The summed E-state index contributed by atoms with van der Waals surface area (Å²) >= 11 is 1.28. The average Bonchev–Trinajstić information content (AvgIpc) is 2.83. The van der Waals surface area contributed by atoms with Gasteiger partial charge in [0, 0.05) is 25.2 Å². The van der Waals surface area contributed by atoms with Gasteiger partial charge in [-0.2, -0.15) is 4.37 Å². The van der Waals surface area contributed by atoms with Crippen LogP contribution in [0, 0.1) is 0 Å². The van der Waals surface area contributed by atoms with E-state index in [0.717, 1.165) is 24.5 Å². The molecule has 1 fully saturated rings. The van der Waals surface area contributed by atoms with Crippen LogP contribution in [-0.2, 0) is 16.1 Å². The topological polar surface area (TPSA) is 81.3 Å². The molecule has 1 aliphatic heterocycles. The number of methoxy groups -OCH3 is 1. The molecule has 0 aliphatic carbocycles. The molecule has 0 saturated carbocycles. The molecule has 0 aromatic carbocycles. The molecule has 1 unspecified atom stereocenters. The van der Waals surface area contributed by atoms with Gasteiger partial charge in [0.1, 0.15) is 12.6 Å². The van der Waals surface area contributed by atoms with E-state index in [-0.39, 0.29) is 11.9 Å². The molecule has 16 heavy (non-hydrogen) atoms. The summed E-state index contributed by atoms with van der Waals surface area (Å²) in [4.78, 5) is 17.5. The molecule has 6 nitrogen and oxygen atoms in total. The number of ether oxygens (including phenoxy) is 1. The highest BCUT2D eigenvalue weighted by Gasteiger charge is 2.31. The zero-order chi connectivity index (χ0) is 11.5. The minimum atomic E-state index is -0.291. The third kappa shape index (κ3) is 2.14. The third-order valence-electron chi connectivity index (χ3n) is 2.56.